The van der Waals surface area contributed by atoms with E-state index in [1.807, 2.05) is 19.9 Å². The van der Waals surface area contributed by atoms with Gasteiger partial charge in [-0.3, -0.25) is 0 Å². The fourth-order valence-corrected chi connectivity index (χ4v) is 3.44. The third kappa shape index (κ3) is 2.42. The fraction of sp³-hybridized carbons (Fsp3) is 0.588. The Labute approximate surface area is 129 Å². The van der Waals surface area contributed by atoms with Crippen LogP contribution in [0.1, 0.15) is 37.0 Å². The lowest BCUT2D eigenvalue weighted by atomic mass is 9.65. The first-order chi connectivity index (χ1) is 10.4. The van der Waals surface area contributed by atoms with Crippen molar-refractivity contribution in [1.82, 2.24) is 0 Å². The maximum Gasteiger partial charge on any atom is 0.338 e. The highest BCUT2D eigenvalue weighted by Crippen LogP contribution is 2.59. The molecule has 1 saturated heterocycles. The van der Waals surface area contributed by atoms with E-state index in [0.29, 0.717) is 12.0 Å². The van der Waals surface area contributed by atoms with E-state index in [-0.39, 0.29) is 19.1 Å². The van der Waals surface area contributed by atoms with Crippen LogP contribution in [0.2, 0.25) is 0 Å². The molecule has 0 unspecified atom stereocenters. The van der Waals surface area contributed by atoms with Crippen LogP contribution < -0.4 is 0 Å². The quantitative estimate of drug-likeness (QED) is 0.688. The summed E-state index contributed by atoms with van der Waals surface area (Å²) in [5, 5.41) is 9.83. The molecule has 1 aromatic carbocycles. The number of esters is 1. The van der Waals surface area contributed by atoms with Crippen LogP contribution in [0.25, 0.3) is 0 Å². The summed E-state index contributed by atoms with van der Waals surface area (Å²) < 4.78 is 25.2. The Hall–Kier alpha value is -1.46. The number of aliphatic hydroxyl groups excluding tert-OH is 1. The molecule has 1 N–H and O–H groups in total. The highest BCUT2D eigenvalue weighted by atomic mass is 19.1. The zero-order valence-corrected chi connectivity index (χ0v) is 12.8. The number of hydrogen-bond acceptors (Lipinski definition) is 4. The van der Waals surface area contributed by atoms with E-state index in [1.54, 1.807) is 24.3 Å². The van der Waals surface area contributed by atoms with Crippen molar-refractivity contribution in [2.75, 3.05) is 6.61 Å². The second-order valence-corrected chi connectivity index (χ2v) is 6.74. The Morgan fingerprint density at radius 3 is 2.77 bits per heavy atom. The smallest absolute Gasteiger partial charge is 0.338 e. The van der Waals surface area contributed by atoms with Gasteiger partial charge in [-0.1, -0.05) is 32.0 Å². The monoisotopic (exact) mass is 308 g/mol. The van der Waals surface area contributed by atoms with Gasteiger partial charge in [-0.05, 0) is 12.1 Å². The number of alkyl halides is 1. The third-order valence-corrected chi connectivity index (χ3v) is 5.08. The van der Waals surface area contributed by atoms with Gasteiger partial charge >= 0.3 is 5.97 Å². The summed E-state index contributed by atoms with van der Waals surface area (Å²) in [5.74, 6) is -0.419. The van der Waals surface area contributed by atoms with Crippen LogP contribution in [0.4, 0.5) is 4.39 Å². The van der Waals surface area contributed by atoms with Crippen LogP contribution in [0, 0.1) is 5.41 Å². The molecule has 22 heavy (non-hydrogen) atoms. The van der Waals surface area contributed by atoms with Crippen molar-refractivity contribution >= 4 is 5.97 Å². The van der Waals surface area contributed by atoms with E-state index in [1.165, 1.54) is 0 Å². The molecule has 1 aliphatic carbocycles. The lowest BCUT2D eigenvalue weighted by molar-refractivity contribution is -0.0546. The van der Waals surface area contributed by atoms with Gasteiger partial charge in [0, 0.05) is 18.3 Å². The molecule has 4 nitrogen and oxygen atoms in total. The molecular weight excluding hydrogens is 287 g/mol. The number of carbonyl (C=O) groups excluding carboxylic acids is 1. The van der Waals surface area contributed by atoms with Crippen molar-refractivity contribution in [3.05, 3.63) is 35.9 Å². The number of halogens is 1. The van der Waals surface area contributed by atoms with Crippen LogP contribution in [0.3, 0.4) is 0 Å². The lowest BCUT2D eigenvalue weighted by Crippen LogP contribution is -2.51. The van der Waals surface area contributed by atoms with Crippen molar-refractivity contribution in [2.45, 2.75) is 50.7 Å². The molecule has 1 aromatic rings. The number of carbonyl (C=O) groups is 1. The van der Waals surface area contributed by atoms with Crippen LogP contribution in [0.5, 0.6) is 0 Å². The second-order valence-electron chi connectivity index (χ2n) is 6.74. The molecule has 4 atom stereocenters. The molecule has 2 aliphatic rings. The molecule has 1 spiro atoms. The van der Waals surface area contributed by atoms with Crippen LogP contribution in [-0.4, -0.2) is 41.7 Å². The highest BCUT2D eigenvalue weighted by molar-refractivity contribution is 5.89. The predicted molar refractivity (Wildman–Crippen MR) is 78.2 cm³/mol. The number of ether oxygens (including phenoxy) is 2. The number of benzene rings is 1. The van der Waals surface area contributed by atoms with Crippen LogP contribution in [0.15, 0.2) is 30.3 Å². The van der Waals surface area contributed by atoms with Crippen molar-refractivity contribution in [3.8, 4) is 0 Å². The number of rotatable bonds is 3. The van der Waals surface area contributed by atoms with Gasteiger partial charge in [-0.15, -0.1) is 0 Å². The molecule has 2 fully saturated rings. The van der Waals surface area contributed by atoms with E-state index in [4.69, 9.17) is 9.47 Å². The zero-order valence-electron chi connectivity index (χ0n) is 12.8. The Morgan fingerprint density at radius 1 is 1.41 bits per heavy atom. The molecule has 0 aromatic heterocycles. The topological polar surface area (TPSA) is 59.1 Å². The molecule has 3 rings (SSSR count). The van der Waals surface area contributed by atoms with E-state index < -0.39 is 29.3 Å². The zero-order chi connectivity index (χ0) is 16.0. The molecule has 1 aliphatic heterocycles. The van der Waals surface area contributed by atoms with Gasteiger partial charge in [0.1, 0.15) is 24.5 Å². The molecule has 5 heteroatoms. The van der Waals surface area contributed by atoms with Crippen LogP contribution >= 0.6 is 0 Å². The van der Waals surface area contributed by atoms with E-state index in [2.05, 4.69) is 0 Å². The largest absolute Gasteiger partial charge is 0.459 e. The van der Waals surface area contributed by atoms with Crippen molar-refractivity contribution in [2.24, 2.45) is 5.41 Å². The molecule has 0 bridgehead atoms. The first-order valence-electron chi connectivity index (χ1n) is 7.59. The molecule has 1 saturated carbocycles. The summed E-state index contributed by atoms with van der Waals surface area (Å²) in [6.45, 7) is 3.70. The van der Waals surface area contributed by atoms with E-state index >= 15 is 0 Å². The standard InChI is InChI=1S/C17H21FO4/c1-16(2)13(18)8-12(19)9-17(16)14(22-17)10-21-15(20)11-6-4-3-5-7-11/h3-7,12-14,19H,8-10H2,1-2H3/t12-,13-,14+,17+/m0/s1. The fourth-order valence-electron chi connectivity index (χ4n) is 3.44. The van der Waals surface area contributed by atoms with Gasteiger partial charge in [0.05, 0.1) is 11.7 Å². The average Bonchev–Trinajstić information content (AvgIpc) is 3.18. The predicted octanol–water partition coefficient (Wildman–Crippen LogP) is 2.50. The summed E-state index contributed by atoms with van der Waals surface area (Å²) in [4.78, 5) is 11.9. The summed E-state index contributed by atoms with van der Waals surface area (Å²) in [5.41, 5.74) is -0.958. The van der Waals surface area contributed by atoms with Crippen molar-refractivity contribution in [1.29, 1.82) is 0 Å². The van der Waals surface area contributed by atoms with Crippen LogP contribution in [-0.2, 0) is 9.47 Å². The SMILES string of the molecule is CC1(C)[C@@H](F)C[C@H](O)C[C@]12O[C@@H]2COC(=O)c1ccccc1. The molecule has 1 heterocycles. The summed E-state index contributed by atoms with van der Waals surface area (Å²) in [6, 6.07) is 8.71. The third-order valence-electron chi connectivity index (χ3n) is 5.08. The van der Waals surface area contributed by atoms with Crippen molar-refractivity contribution in [3.63, 3.8) is 0 Å². The molecule has 0 amide bonds. The first-order valence-corrected chi connectivity index (χ1v) is 7.59. The molecule has 120 valence electrons. The van der Waals surface area contributed by atoms with Gasteiger partial charge in [0.15, 0.2) is 0 Å². The Kier molecular flexibility index (Phi) is 3.73. The van der Waals surface area contributed by atoms with Gasteiger partial charge in [-0.2, -0.15) is 0 Å². The highest BCUT2D eigenvalue weighted by Gasteiger charge is 2.70. The van der Waals surface area contributed by atoms with E-state index in [9.17, 15) is 14.3 Å². The maximum absolute atomic E-state index is 14.2. The van der Waals surface area contributed by atoms with Gasteiger partial charge in [0.2, 0.25) is 0 Å². The van der Waals surface area contributed by atoms with Crippen molar-refractivity contribution < 1.29 is 23.8 Å². The minimum atomic E-state index is -1.13. The van der Waals surface area contributed by atoms with E-state index in [0.717, 1.165) is 0 Å². The molecular formula is C17H21FO4. The minimum Gasteiger partial charge on any atom is -0.459 e. The summed E-state index contributed by atoms with van der Waals surface area (Å²) >= 11 is 0. The normalized spacial score (nSPS) is 36.1. The lowest BCUT2D eigenvalue weighted by Gasteiger charge is -2.42. The Morgan fingerprint density at radius 2 is 2.09 bits per heavy atom. The number of hydrogen-bond donors (Lipinski definition) is 1. The summed E-state index contributed by atoms with van der Waals surface area (Å²) in [7, 11) is 0. The second kappa shape index (κ2) is 5.32. The Bertz CT molecular complexity index is 559. The van der Waals surface area contributed by atoms with Gasteiger partial charge < -0.3 is 14.6 Å². The Balaban J connectivity index is 1.63. The van der Waals surface area contributed by atoms with Gasteiger partial charge in [-0.25, -0.2) is 9.18 Å². The van der Waals surface area contributed by atoms with Gasteiger partial charge in [0.25, 0.3) is 0 Å². The maximum atomic E-state index is 14.2. The first kappa shape index (κ1) is 15.4. The minimum absolute atomic E-state index is 0.0800. The summed E-state index contributed by atoms with van der Waals surface area (Å²) in [6.07, 6.45) is -1.69. The number of aliphatic hydroxyl groups is 1. The average molecular weight is 308 g/mol. The number of epoxide rings is 1. The molecule has 0 radical (unpaired) electrons.